The van der Waals surface area contributed by atoms with E-state index in [1.165, 1.54) is 5.56 Å². The zero-order chi connectivity index (χ0) is 22.5. The molecule has 0 aliphatic carbocycles. The van der Waals surface area contributed by atoms with Gasteiger partial charge in [0, 0.05) is 18.0 Å². The minimum absolute atomic E-state index is 0.122. The zero-order valence-corrected chi connectivity index (χ0v) is 19.7. The van der Waals surface area contributed by atoms with E-state index in [0.29, 0.717) is 12.2 Å². The second-order valence-corrected chi connectivity index (χ2v) is 10.5. The van der Waals surface area contributed by atoms with Crippen LogP contribution in [0.2, 0.25) is 0 Å². The number of fused-ring (bicyclic) bond motifs is 1. The minimum Gasteiger partial charge on any atom is -0.492 e. The second-order valence-electron chi connectivity index (χ2n) is 8.53. The molecule has 170 valence electrons. The second kappa shape index (κ2) is 10.0. The van der Waals surface area contributed by atoms with E-state index < -0.39 is 10.0 Å². The largest absolute Gasteiger partial charge is 0.492 e. The van der Waals surface area contributed by atoms with Gasteiger partial charge in [0.2, 0.25) is 10.0 Å². The van der Waals surface area contributed by atoms with Gasteiger partial charge in [-0.25, -0.2) is 13.1 Å². The summed E-state index contributed by atoms with van der Waals surface area (Å²) in [5.74, 6) is 1.92. The molecule has 0 amide bonds. The van der Waals surface area contributed by atoms with Crippen LogP contribution >= 0.6 is 0 Å². The van der Waals surface area contributed by atoms with Crippen LogP contribution < -0.4 is 19.5 Å². The van der Waals surface area contributed by atoms with Gasteiger partial charge in [0.05, 0.1) is 11.8 Å². The molecule has 2 N–H and O–H groups in total. The maximum absolute atomic E-state index is 11.8. The highest BCUT2D eigenvalue weighted by atomic mass is 32.2. The third-order valence-electron chi connectivity index (χ3n) is 5.68. The van der Waals surface area contributed by atoms with Gasteiger partial charge in [0.25, 0.3) is 0 Å². The van der Waals surface area contributed by atoms with Crippen LogP contribution in [-0.4, -0.2) is 46.0 Å². The first-order chi connectivity index (χ1) is 14.8. The molecule has 0 radical (unpaired) electrons. The van der Waals surface area contributed by atoms with Crippen molar-refractivity contribution in [3.63, 3.8) is 0 Å². The van der Waals surface area contributed by atoms with Crippen molar-refractivity contribution < 1.29 is 17.9 Å². The number of hydrogen-bond acceptors (Lipinski definition) is 5. The van der Waals surface area contributed by atoms with Crippen molar-refractivity contribution in [1.82, 2.24) is 10.0 Å². The molecule has 2 aromatic carbocycles. The summed E-state index contributed by atoms with van der Waals surface area (Å²) in [6.07, 6.45) is 1.47. The van der Waals surface area contributed by atoms with Gasteiger partial charge in [-0.1, -0.05) is 37.3 Å². The van der Waals surface area contributed by atoms with Crippen LogP contribution in [-0.2, 0) is 16.4 Å². The summed E-state index contributed by atoms with van der Waals surface area (Å²) in [5, 5.41) is 3.46. The Bertz CT molecular complexity index is 961. The van der Waals surface area contributed by atoms with Crippen LogP contribution in [0.4, 0.5) is 0 Å². The van der Waals surface area contributed by atoms with Crippen molar-refractivity contribution in [2.45, 2.75) is 51.2 Å². The third kappa shape index (κ3) is 5.99. The zero-order valence-electron chi connectivity index (χ0n) is 18.9. The molecule has 1 aliphatic rings. The number of benzene rings is 2. The van der Waals surface area contributed by atoms with Crippen molar-refractivity contribution in [1.29, 1.82) is 0 Å². The molecule has 1 aliphatic heterocycles. The topological polar surface area (TPSA) is 76.7 Å². The fourth-order valence-electron chi connectivity index (χ4n) is 4.36. The number of sulfonamides is 1. The van der Waals surface area contributed by atoms with Crippen LogP contribution in [0.3, 0.4) is 0 Å². The van der Waals surface area contributed by atoms with Gasteiger partial charge in [0.15, 0.2) is 0 Å². The molecule has 0 bridgehead atoms. The van der Waals surface area contributed by atoms with Crippen LogP contribution in [0.15, 0.2) is 48.5 Å². The molecule has 2 atom stereocenters. The van der Waals surface area contributed by atoms with Gasteiger partial charge >= 0.3 is 0 Å². The van der Waals surface area contributed by atoms with E-state index in [1.807, 2.05) is 38.2 Å². The van der Waals surface area contributed by atoms with Crippen molar-refractivity contribution in [3.05, 3.63) is 59.7 Å². The predicted octanol–water partition coefficient (Wildman–Crippen LogP) is 3.48. The summed E-state index contributed by atoms with van der Waals surface area (Å²) in [5.41, 5.74) is 2.01. The predicted molar refractivity (Wildman–Crippen MR) is 124 cm³/mol. The van der Waals surface area contributed by atoms with E-state index in [9.17, 15) is 8.42 Å². The summed E-state index contributed by atoms with van der Waals surface area (Å²) in [7, 11) is -1.25. The Hall–Kier alpha value is -2.09. The number of likely N-dealkylation sites (N-methyl/N-ethyl adjacent to an activating group) is 1. The fourth-order valence-corrected chi connectivity index (χ4v) is 5.44. The molecule has 3 rings (SSSR count). The van der Waals surface area contributed by atoms with Gasteiger partial charge in [-0.15, -0.1) is 0 Å². The van der Waals surface area contributed by atoms with E-state index in [1.54, 1.807) is 0 Å². The molecule has 0 spiro atoms. The van der Waals surface area contributed by atoms with Crippen LogP contribution in [0, 0.1) is 0 Å². The maximum Gasteiger partial charge on any atom is 0.211 e. The number of hydrogen-bond donors (Lipinski definition) is 2. The summed E-state index contributed by atoms with van der Waals surface area (Å²) in [4.78, 5) is 0. The van der Waals surface area contributed by atoms with E-state index >= 15 is 0 Å². The summed E-state index contributed by atoms with van der Waals surface area (Å²) in [6, 6.07) is 16.4. The molecule has 0 aromatic heterocycles. The highest BCUT2D eigenvalue weighted by Gasteiger charge is 2.43. The average Bonchev–Trinajstić information content (AvgIpc) is 2.72. The maximum atomic E-state index is 11.8. The van der Waals surface area contributed by atoms with Gasteiger partial charge < -0.3 is 14.8 Å². The lowest BCUT2D eigenvalue weighted by Gasteiger charge is -2.45. The third-order valence-corrected chi connectivity index (χ3v) is 7.27. The average molecular weight is 447 g/mol. The molecule has 1 heterocycles. The number of nitrogens with one attached hydrogen (secondary N) is 2. The molecule has 6 nitrogen and oxygen atoms in total. The van der Waals surface area contributed by atoms with E-state index in [2.05, 4.69) is 48.2 Å². The fraction of sp³-hybridized carbons (Fsp3) is 0.500. The standard InChI is InChI=1S/C24H34N2O4S/c1-5-15-31(27,28)26-13-14-29-19-11-12-22-20(17-19)21(16-18-9-7-6-8-10-18)23(25-4)24(2,3)30-22/h6-12,17,21,23,25-26H,5,13-16H2,1-4H3. The molecule has 0 fully saturated rings. The highest BCUT2D eigenvalue weighted by molar-refractivity contribution is 7.89. The molecular weight excluding hydrogens is 412 g/mol. The van der Waals surface area contributed by atoms with Gasteiger partial charge in [-0.3, -0.25) is 0 Å². The van der Waals surface area contributed by atoms with E-state index in [4.69, 9.17) is 9.47 Å². The van der Waals surface area contributed by atoms with Crippen molar-refractivity contribution in [2.75, 3.05) is 26.0 Å². The molecule has 31 heavy (non-hydrogen) atoms. The molecular formula is C24H34N2O4S. The molecule has 2 aromatic rings. The van der Waals surface area contributed by atoms with Crippen molar-refractivity contribution >= 4 is 10.0 Å². The van der Waals surface area contributed by atoms with Gasteiger partial charge in [0.1, 0.15) is 23.7 Å². The lowest BCUT2D eigenvalue weighted by molar-refractivity contribution is 0.0364. The first kappa shape index (κ1) is 23.6. The number of ether oxygens (including phenoxy) is 2. The Morgan fingerprint density at radius 3 is 2.55 bits per heavy atom. The Kier molecular flexibility index (Phi) is 7.62. The van der Waals surface area contributed by atoms with Crippen molar-refractivity contribution in [3.8, 4) is 11.5 Å². The Morgan fingerprint density at radius 2 is 1.87 bits per heavy atom. The van der Waals surface area contributed by atoms with Gasteiger partial charge in [-0.2, -0.15) is 0 Å². The molecule has 2 unspecified atom stereocenters. The van der Waals surface area contributed by atoms with Gasteiger partial charge in [-0.05, 0) is 57.5 Å². The number of rotatable bonds is 10. The highest BCUT2D eigenvalue weighted by Crippen LogP contribution is 2.44. The van der Waals surface area contributed by atoms with E-state index in [0.717, 1.165) is 17.7 Å². The monoisotopic (exact) mass is 446 g/mol. The SMILES string of the molecule is CCCS(=O)(=O)NCCOc1ccc2c(c1)C(Cc1ccccc1)C(NC)C(C)(C)O2. The van der Waals surface area contributed by atoms with Crippen molar-refractivity contribution in [2.24, 2.45) is 0 Å². The molecule has 0 saturated carbocycles. The normalized spacial score (nSPS) is 20.0. The quantitative estimate of drug-likeness (QED) is 0.547. The lowest BCUT2D eigenvalue weighted by atomic mass is 9.76. The van der Waals surface area contributed by atoms with Crippen LogP contribution in [0.1, 0.15) is 44.2 Å². The van der Waals surface area contributed by atoms with Crippen LogP contribution in [0.5, 0.6) is 11.5 Å². The van der Waals surface area contributed by atoms with E-state index in [-0.39, 0.29) is 36.5 Å². The first-order valence-corrected chi connectivity index (χ1v) is 12.5. The molecule has 0 saturated heterocycles. The lowest BCUT2D eigenvalue weighted by Crippen LogP contribution is -2.55. The Morgan fingerprint density at radius 1 is 1.13 bits per heavy atom. The minimum atomic E-state index is -3.23. The first-order valence-electron chi connectivity index (χ1n) is 10.9. The Labute approximate surface area is 186 Å². The summed E-state index contributed by atoms with van der Waals surface area (Å²) >= 11 is 0. The summed E-state index contributed by atoms with van der Waals surface area (Å²) in [6.45, 7) is 6.59. The Balaban J connectivity index is 1.78. The smallest absolute Gasteiger partial charge is 0.211 e. The van der Waals surface area contributed by atoms with Crippen LogP contribution in [0.25, 0.3) is 0 Å². The molecule has 7 heteroatoms. The summed E-state index contributed by atoms with van der Waals surface area (Å²) < 4.78 is 38.3.